The Kier molecular flexibility index (Phi) is 3.49. The van der Waals surface area contributed by atoms with Gasteiger partial charge in [-0.25, -0.2) is 17.8 Å². The Labute approximate surface area is 108 Å². The van der Waals surface area contributed by atoms with Gasteiger partial charge in [-0.05, 0) is 24.3 Å². The van der Waals surface area contributed by atoms with Crippen LogP contribution in [0.2, 0.25) is 5.15 Å². The number of rotatable bonds is 3. The smallest absolute Gasteiger partial charge is 0.264 e. The number of nitrogens with zero attached hydrogens (tertiary/aromatic N) is 1. The Balaban J connectivity index is 2.33. The van der Waals surface area contributed by atoms with E-state index in [0.29, 0.717) is 0 Å². The maximum Gasteiger partial charge on any atom is 0.264 e. The number of halogens is 2. The van der Waals surface area contributed by atoms with E-state index >= 15 is 0 Å². The van der Waals surface area contributed by atoms with Crippen LogP contribution in [-0.2, 0) is 10.0 Å². The number of hydrogen-bond donors (Lipinski definition) is 1. The predicted octanol–water partition coefficient (Wildman–Crippen LogP) is 2.67. The maximum absolute atomic E-state index is 13.4. The molecule has 4 nitrogen and oxygen atoms in total. The van der Waals surface area contributed by atoms with E-state index < -0.39 is 20.7 Å². The van der Waals surface area contributed by atoms with Gasteiger partial charge in [-0.3, -0.25) is 4.72 Å². The summed E-state index contributed by atoms with van der Waals surface area (Å²) in [7, 11) is -3.96. The van der Waals surface area contributed by atoms with Crippen LogP contribution in [0.25, 0.3) is 0 Å². The number of pyridine rings is 1. The first-order chi connectivity index (χ1) is 8.49. The highest BCUT2D eigenvalue weighted by molar-refractivity contribution is 7.92. The van der Waals surface area contributed by atoms with Crippen LogP contribution in [0.15, 0.2) is 47.5 Å². The average molecular weight is 287 g/mol. The van der Waals surface area contributed by atoms with E-state index in [0.717, 1.165) is 6.07 Å². The van der Waals surface area contributed by atoms with Crippen LogP contribution in [0.5, 0.6) is 0 Å². The van der Waals surface area contributed by atoms with Gasteiger partial charge in [0.1, 0.15) is 15.9 Å². The second-order valence-electron chi connectivity index (χ2n) is 3.41. The van der Waals surface area contributed by atoms with Gasteiger partial charge >= 0.3 is 0 Å². The minimum atomic E-state index is -3.96. The lowest BCUT2D eigenvalue weighted by atomic mass is 10.4. The van der Waals surface area contributed by atoms with Crippen LogP contribution >= 0.6 is 11.6 Å². The molecule has 0 radical (unpaired) electrons. The molecule has 0 saturated carbocycles. The third kappa shape index (κ3) is 2.77. The molecule has 0 aliphatic rings. The van der Waals surface area contributed by atoms with E-state index in [4.69, 9.17) is 11.6 Å². The molecule has 0 atom stereocenters. The average Bonchev–Trinajstić information content (AvgIpc) is 2.32. The molecule has 0 aliphatic carbocycles. The Bertz CT molecular complexity index is 659. The Morgan fingerprint density at radius 3 is 2.50 bits per heavy atom. The van der Waals surface area contributed by atoms with E-state index in [1.807, 2.05) is 0 Å². The first-order valence-corrected chi connectivity index (χ1v) is 6.74. The van der Waals surface area contributed by atoms with Crippen molar-refractivity contribution in [2.75, 3.05) is 4.72 Å². The first kappa shape index (κ1) is 12.8. The van der Waals surface area contributed by atoms with Crippen LogP contribution in [0.1, 0.15) is 0 Å². The van der Waals surface area contributed by atoms with Gasteiger partial charge in [-0.1, -0.05) is 23.7 Å². The molecule has 0 saturated heterocycles. The Morgan fingerprint density at radius 1 is 1.17 bits per heavy atom. The molecule has 1 heterocycles. The van der Waals surface area contributed by atoms with Crippen molar-refractivity contribution in [1.29, 1.82) is 0 Å². The van der Waals surface area contributed by atoms with Gasteiger partial charge in [0.2, 0.25) is 0 Å². The molecule has 2 aromatic rings. The Hall–Kier alpha value is -1.66. The lowest BCUT2D eigenvalue weighted by Gasteiger charge is -2.08. The fourth-order valence-corrected chi connectivity index (χ4v) is 2.54. The molecule has 0 amide bonds. The van der Waals surface area contributed by atoms with Crippen molar-refractivity contribution < 1.29 is 12.8 Å². The van der Waals surface area contributed by atoms with Crippen LogP contribution in [-0.4, -0.2) is 13.4 Å². The highest BCUT2D eigenvalue weighted by Crippen LogP contribution is 2.18. The molecular weight excluding hydrogens is 279 g/mol. The summed E-state index contributed by atoms with van der Waals surface area (Å²) in [6.07, 6.45) is 1.25. The van der Waals surface area contributed by atoms with Gasteiger partial charge in [-0.2, -0.15) is 0 Å². The van der Waals surface area contributed by atoms with E-state index in [9.17, 15) is 12.8 Å². The third-order valence-electron chi connectivity index (χ3n) is 2.11. The van der Waals surface area contributed by atoms with Crippen molar-refractivity contribution in [3.63, 3.8) is 0 Å². The van der Waals surface area contributed by atoms with Gasteiger partial charge in [0, 0.05) is 0 Å². The summed E-state index contributed by atoms with van der Waals surface area (Å²) in [6.45, 7) is 0. The molecule has 0 spiro atoms. The zero-order chi connectivity index (χ0) is 13.2. The zero-order valence-corrected chi connectivity index (χ0v) is 10.5. The molecule has 7 heteroatoms. The lowest BCUT2D eigenvalue weighted by Crippen LogP contribution is -2.14. The largest absolute Gasteiger partial charge is 0.278 e. The molecule has 1 N–H and O–H groups in total. The van der Waals surface area contributed by atoms with E-state index in [2.05, 4.69) is 9.71 Å². The van der Waals surface area contributed by atoms with Crippen molar-refractivity contribution in [3.8, 4) is 0 Å². The van der Waals surface area contributed by atoms with Crippen molar-refractivity contribution in [1.82, 2.24) is 4.98 Å². The van der Waals surface area contributed by atoms with E-state index in [1.54, 1.807) is 0 Å². The SMILES string of the molecule is O=S(=O)(Nc1ccc(Cl)nc1)c1ccccc1F. The second kappa shape index (κ2) is 4.91. The van der Waals surface area contributed by atoms with E-state index in [1.165, 1.54) is 36.5 Å². The molecule has 94 valence electrons. The summed E-state index contributed by atoms with van der Waals surface area (Å²) in [6, 6.07) is 7.99. The van der Waals surface area contributed by atoms with Crippen LogP contribution < -0.4 is 4.72 Å². The second-order valence-corrected chi connectivity index (χ2v) is 5.44. The third-order valence-corrected chi connectivity index (χ3v) is 3.74. The minimum Gasteiger partial charge on any atom is -0.278 e. The number of aromatic nitrogens is 1. The number of benzene rings is 1. The first-order valence-electron chi connectivity index (χ1n) is 4.88. The minimum absolute atomic E-state index is 0.211. The standard InChI is InChI=1S/C11H8ClFN2O2S/c12-11-6-5-8(7-14-11)15-18(16,17)10-4-2-1-3-9(10)13/h1-7,15H. The van der Waals surface area contributed by atoms with Crippen molar-refractivity contribution in [2.45, 2.75) is 4.90 Å². The summed E-state index contributed by atoms with van der Waals surface area (Å²) in [5, 5.41) is 0.240. The van der Waals surface area contributed by atoms with Gasteiger partial charge in [0.05, 0.1) is 11.9 Å². The highest BCUT2D eigenvalue weighted by atomic mass is 35.5. The van der Waals surface area contributed by atoms with Crippen LogP contribution in [0.3, 0.4) is 0 Å². The summed E-state index contributed by atoms with van der Waals surface area (Å²) >= 11 is 5.58. The highest BCUT2D eigenvalue weighted by Gasteiger charge is 2.18. The predicted molar refractivity (Wildman–Crippen MR) is 66.5 cm³/mol. The summed E-state index contributed by atoms with van der Waals surface area (Å²) in [5.74, 6) is -0.813. The van der Waals surface area contributed by atoms with Crippen molar-refractivity contribution in [2.24, 2.45) is 0 Å². The molecule has 0 bridgehead atoms. The molecule has 0 fully saturated rings. The molecule has 18 heavy (non-hydrogen) atoms. The quantitative estimate of drug-likeness (QED) is 0.883. The number of sulfonamides is 1. The van der Waals surface area contributed by atoms with E-state index in [-0.39, 0.29) is 10.8 Å². The monoisotopic (exact) mass is 286 g/mol. The molecule has 1 aromatic carbocycles. The Morgan fingerprint density at radius 2 is 1.89 bits per heavy atom. The maximum atomic E-state index is 13.4. The van der Waals surface area contributed by atoms with Gasteiger partial charge in [-0.15, -0.1) is 0 Å². The fraction of sp³-hybridized carbons (Fsp3) is 0. The number of hydrogen-bond acceptors (Lipinski definition) is 3. The molecule has 0 unspecified atom stereocenters. The summed E-state index contributed by atoms with van der Waals surface area (Å²) in [4.78, 5) is 3.31. The molecular formula is C11H8ClFN2O2S. The van der Waals surface area contributed by atoms with Gasteiger partial charge < -0.3 is 0 Å². The molecule has 2 rings (SSSR count). The van der Waals surface area contributed by atoms with Crippen LogP contribution in [0.4, 0.5) is 10.1 Å². The summed E-state index contributed by atoms with van der Waals surface area (Å²) in [5.41, 5.74) is 0.211. The van der Waals surface area contributed by atoms with Crippen molar-refractivity contribution in [3.05, 3.63) is 53.6 Å². The fourth-order valence-electron chi connectivity index (χ4n) is 1.31. The molecule has 0 aliphatic heterocycles. The molecule has 1 aromatic heterocycles. The van der Waals surface area contributed by atoms with Crippen molar-refractivity contribution >= 4 is 27.3 Å². The van der Waals surface area contributed by atoms with Crippen LogP contribution in [0, 0.1) is 5.82 Å². The lowest BCUT2D eigenvalue weighted by molar-refractivity contribution is 0.570. The normalized spacial score (nSPS) is 11.2. The van der Waals surface area contributed by atoms with Gasteiger partial charge in [0.25, 0.3) is 10.0 Å². The topological polar surface area (TPSA) is 59.1 Å². The van der Waals surface area contributed by atoms with Gasteiger partial charge in [0.15, 0.2) is 0 Å². The zero-order valence-electron chi connectivity index (χ0n) is 8.97. The number of anilines is 1. The number of nitrogens with one attached hydrogen (secondary N) is 1. The summed E-state index contributed by atoms with van der Waals surface area (Å²) < 4.78 is 39.4.